The van der Waals surface area contributed by atoms with Crippen molar-refractivity contribution >= 4 is 38.9 Å². The standard InChI is InChI=1S/C14H14BrNO2S/c1-16(8-7-10-4-3-9-19-10)12-6-2-5-11(15)13(12)14(17)18/h2-6,9H,7-8H2,1H3,(H,17,18). The molecule has 0 aliphatic heterocycles. The molecule has 0 bridgehead atoms. The molecule has 0 aliphatic carbocycles. The normalized spacial score (nSPS) is 10.4. The Balaban J connectivity index is 2.16. The first-order chi connectivity index (χ1) is 9.09. The molecule has 0 radical (unpaired) electrons. The van der Waals surface area contributed by atoms with E-state index in [1.165, 1.54) is 4.88 Å². The molecule has 0 saturated carbocycles. The second-order valence-electron chi connectivity index (χ2n) is 4.19. The van der Waals surface area contributed by atoms with Crippen molar-refractivity contribution in [3.05, 3.63) is 50.6 Å². The van der Waals surface area contributed by atoms with Gasteiger partial charge in [0.1, 0.15) is 0 Å². The average Bonchev–Trinajstić information content (AvgIpc) is 2.88. The van der Waals surface area contributed by atoms with Gasteiger partial charge in [-0.15, -0.1) is 11.3 Å². The molecule has 100 valence electrons. The number of halogens is 1. The van der Waals surface area contributed by atoms with Crippen molar-refractivity contribution in [1.82, 2.24) is 0 Å². The molecule has 1 heterocycles. The van der Waals surface area contributed by atoms with Gasteiger partial charge < -0.3 is 10.0 Å². The molecule has 1 N–H and O–H groups in total. The summed E-state index contributed by atoms with van der Waals surface area (Å²) >= 11 is 5.02. The average molecular weight is 340 g/mol. The molecule has 0 aliphatic rings. The number of likely N-dealkylation sites (N-methyl/N-ethyl adjacent to an activating group) is 1. The molecular weight excluding hydrogens is 326 g/mol. The van der Waals surface area contributed by atoms with E-state index in [4.69, 9.17) is 0 Å². The van der Waals surface area contributed by atoms with Gasteiger partial charge in [0.15, 0.2) is 0 Å². The van der Waals surface area contributed by atoms with Gasteiger partial charge in [0.05, 0.1) is 11.3 Å². The molecule has 0 unspecified atom stereocenters. The Hall–Kier alpha value is -1.33. The fourth-order valence-corrected chi connectivity index (χ4v) is 3.12. The van der Waals surface area contributed by atoms with Gasteiger partial charge in [-0.05, 0) is 45.9 Å². The van der Waals surface area contributed by atoms with Crippen LogP contribution in [0.25, 0.3) is 0 Å². The van der Waals surface area contributed by atoms with Crippen molar-refractivity contribution in [1.29, 1.82) is 0 Å². The molecule has 5 heteroatoms. The number of carbonyl (C=O) groups is 1. The fourth-order valence-electron chi connectivity index (χ4n) is 1.90. The van der Waals surface area contributed by atoms with Gasteiger partial charge in [0.25, 0.3) is 0 Å². The number of nitrogens with zero attached hydrogens (tertiary/aromatic N) is 1. The van der Waals surface area contributed by atoms with Crippen molar-refractivity contribution < 1.29 is 9.90 Å². The minimum absolute atomic E-state index is 0.316. The number of thiophene rings is 1. The maximum atomic E-state index is 11.3. The number of hydrogen-bond donors (Lipinski definition) is 1. The van der Waals surface area contributed by atoms with Crippen molar-refractivity contribution in [2.24, 2.45) is 0 Å². The SMILES string of the molecule is CN(CCc1cccs1)c1cccc(Br)c1C(=O)O. The molecule has 1 aromatic heterocycles. The van der Waals surface area contributed by atoms with Crippen molar-refractivity contribution in [3.8, 4) is 0 Å². The first kappa shape index (κ1) is 14.1. The molecule has 0 atom stereocenters. The first-order valence-electron chi connectivity index (χ1n) is 5.85. The van der Waals surface area contributed by atoms with Crippen LogP contribution in [0.4, 0.5) is 5.69 Å². The van der Waals surface area contributed by atoms with Crippen LogP contribution >= 0.6 is 27.3 Å². The summed E-state index contributed by atoms with van der Waals surface area (Å²) in [7, 11) is 1.92. The molecule has 0 fully saturated rings. The summed E-state index contributed by atoms with van der Waals surface area (Å²) in [6, 6.07) is 9.56. The van der Waals surface area contributed by atoms with E-state index in [9.17, 15) is 9.90 Å². The van der Waals surface area contributed by atoms with Gasteiger partial charge in [0, 0.05) is 22.9 Å². The van der Waals surface area contributed by atoms with E-state index in [0.717, 1.165) is 18.7 Å². The van der Waals surface area contributed by atoms with Crippen LogP contribution in [0.5, 0.6) is 0 Å². The second-order valence-corrected chi connectivity index (χ2v) is 6.08. The number of carboxylic acid groups (broad SMARTS) is 1. The van der Waals surface area contributed by atoms with Crippen molar-refractivity contribution in [3.63, 3.8) is 0 Å². The van der Waals surface area contributed by atoms with Crippen LogP contribution in [0, 0.1) is 0 Å². The number of carboxylic acids is 1. The molecule has 2 rings (SSSR count). The maximum absolute atomic E-state index is 11.3. The van der Waals surface area contributed by atoms with Crippen LogP contribution in [0.2, 0.25) is 0 Å². The topological polar surface area (TPSA) is 40.5 Å². The molecule has 1 aromatic carbocycles. The first-order valence-corrected chi connectivity index (χ1v) is 7.52. The number of rotatable bonds is 5. The Bertz CT molecular complexity index is 569. The van der Waals surface area contributed by atoms with Crippen LogP contribution in [0.15, 0.2) is 40.2 Å². The van der Waals surface area contributed by atoms with Crippen molar-refractivity contribution in [2.75, 3.05) is 18.5 Å². The minimum atomic E-state index is -0.912. The lowest BCUT2D eigenvalue weighted by atomic mass is 10.1. The zero-order valence-electron chi connectivity index (χ0n) is 10.5. The number of hydrogen-bond acceptors (Lipinski definition) is 3. The predicted molar refractivity (Wildman–Crippen MR) is 82.4 cm³/mol. The highest BCUT2D eigenvalue weighted by atomic mass is 79.9. The third-order valence-electron chi connectivity index (χ3n) is 2.89. The number of aromatic carboxylic acids is 1. The monoisotopic (exact) mass is 339 g/mol. The second kappa shape index (κ2) is 6.21. The Kier molecular flexibility index (Phi) is 4.61. The van der Waals surface area contributed by atoms with Crippen molar-refractivity contribution in [2.45, 2.75) is 6.42 Å². The van der Waals surface area contributed by atoms with Gasteiger partial charge >= 0.3 is 5.97 Å². The van der Waals surface area contributed by atoms with Gasteiger partial charge in [0.2, 0.25) is 0 Å². The van der Waals surface area contributed by atoms with Crippen LogP contribution in [-0.4, -0.2) is 24.7 Å². The van der Waals surface area contributed by atoms with E-state index in [-0.39, 0.29) is 0 Å². The summed E-state index contributed by atoms with van der Waals surface area (Å²) in [6.45, 7) is 0.789. The lowest BCUT2D eigenvalue weighted by Crippen LogP contribution is -2.22. The lowest BCUT2D eigenvalue weighted by Gasteiger charge is -2.21. The molecule has 2 aromatic rings. The van der Waals surface area contributed by atoms with Crippen LogP contribution in [0.1, 0.15) is 15.2 Å². The molecular formula is C14H14BrNO2S. The van der Waals surface area contributed by atoms with Gasteiger partial charge in [-0.25, -0.2) is 4.79 Å². The highest BCUT2D eigenvalue weighted by Crippen LogP contribution is 2.27. The Morgan fingerprint density at radius 3 is 2.79 bits per heavy atom. The predicted octanol–water partition coefficient (Wildman–Crippen LogP) is 3.89. The molecule has 0 amide bonds. The largest absolute Gasteiger partial charge is 0.478 e. The third kappa shape index (κ3) is 3.36. The maximum Gasteiger partial charge on any atom is 0.338 e. The van der Waals surface area contributed by atoms with E-state index in [1.807, 2.05) is 30.1 Å². The smallest absolute Gasteiger partial charge is 0.338 e. The Morgan fingerprint density at radius 2 is 2.16 bits per heavy atom. The van der Waals surface area contributed by atoms with Gasteiger partial charge in [-0.2, -0.15) is 0 Å². The van der Waals surface area contributed by atoms with Crippen LogP contribution in [-0.2, 0) is 6.42 Å². The summed E-state index contributed by atoms with van der Waals surface area (Å²) in [5, 5.41) is 11.3. The quantitative estimate of drug-likeness (QED) is 0.898. The zero-order valence-corrected chi connectivity index (χ0v) is 12.9. The van der Waals surface area contributed by atoms with E-state index in [1.54, 1.807) is 17.4 Å². The Morgan fingerprint density at radius 1 is 1.37 bits per heavy atom. The van der Waals surface area contributed by atoms with Gasteiger partial charge in [-0.1, -0.05) is 12.1 Å². The summed E-state index contributed by atoms with van der Waals surface area (Å²) in [4.78, 5) is 14.6. The Labute approximate surface area is 124 Å². The lowest BCUT2D eigenvalue weighted by molar-refractivity contribution is 0.0696. The molecule has 0 spiro atoms. The third-order valence-corrected chi connectivity index (χ3v) is 4.49. The fraction of sp³-hybridized carbons (Fsp3) is 0.214. The number of benzene rings is 1. The van der Waals surface area contributed by atoms with E-state index >= 15 is 0 Å². The minimum Gasteiger partial charge on any atom is -0.478 e. The summed E-state index contributed by atoms with van der Waals surface area (Å²) in [6.07, 6.45) is 0.916. The van der Waals surface area contributed by atoms with E-state index in [0.29, 0.717) is 10.0 Å². The highest BCUT2D eigenvalue weighted by molar-refractivity contribution is 9.10. The van der Waals surface area contributed by atoms with Gasteiger partial charge in [-0.3, -0.25) is 0 Å². The molecule has 19 heavy (non-hydrogen) atoms. The van der Waals surface area contributed by atoms with Crippen LogP contribution in [0.3, 0.4) is 0 Å². The summed E-state index contributed by atoms with van der Waals surface area (Å²) in [5.41, 5.74) is 1.05. The summed E-state index contributed by atoms with van der Waals surface area (Å²) < 4.78 is 0.612. The van der Waals surface area contributed by atoms with E-state index < -0.39 is 5.97 Å². The zero-order chi connectivity index (χ0) is 13.8. The highest BCUT2D eigenvalue weighted by Gasteiger charge is 2.16. The van der Waals surface area contributed by atoms with E-state index in [2.05, 4.69) is 27.4 Å². The molecule has 3 nitrogen and oxygen atoms in total. The number of anilines is 1. The van der Waals surface area contributed by atoms with Crippen LogP contribution < -0.4 is 4.90 Å². The summed E-state index contributed by atoms with van der Waals surface area (Å²) in [5.74, 6) is -0.912. The molecule has 0 saturated heterocycles.